The summed E-state index contributed by atoms with van der Waals surface area (Å²) in [6.07, 6.45) is 4.47. The van der Waals surface area contributed by atoms with Gasteiger partial charge in [-0.2, -0.15) is 0 Å². The van der Waals surface area contributed by atoms with Crippen molar-refractivity contribution in [2.75, 3.05) is 18.9 Å². The lowest BCUT2D eigenvalue weighted by molar-refractivity contribution is 0.0656. The van der Waals surface area contributed by atoms with Gasteiger partial charge in [0.25, 0.3) is 5.91 Å². The molecule has 0 aliphatic heterocycles. The third kappa shape index (κ3) is 3.55. The summed E-state index contributed by atoms with van der Waals surface area (Å²) in [6, 6.07) is 4.99. The van der Waals surface area contributed by atoms with Crippen LogP contribution in [0.5, 0.6) is 0 Å². The van der Waals surface area contributed by atoms with E-state index < -0.39 is 0 Å². The molecular weight excluding hydrogens is 267 g/mol. The highest BCUT2D eigenvalue weighted by atomic mass is 19.1. The molecule has 0 radical (unpaired) electrons. The van der Waals surface area contributed by atoms with Crippen molar-refractivity contribution in [1.29, 1.82) is 0 Å². The number of benzene rings is 1. The zero-order valence-electron chi connectivity index (χ0n) is 13.2. The molecule has 1 fully saturated rings. The zero-order valence-corrected chi connectivity index (χ0v) is 13.2. The topological polar surface area (TPSA) is 32.3 Å². The molecule has 3 nitrogen and oxygen atoms in total. The fourth-order valence-electron chi connectivity index (χ4n) is 3.12. The van der Waals surface area contributed by atoms with Crippen LogP contribution in [-0.2, 0) is 0 Å². The number of nitrogens with zero attached hydrogens (tertiary/aromatic N) is 1. The molecule has 116 valence electrons. The van der Waals surface area contributed by atoms with Crippen LogP contribution in [-0.4, -0.2) is 30.4 Å². The first-order valence-electron chi connectivity index (χ1n) is 7.81. The molecule has 0 heterocycles. The van der Waals surface area contributed by atoms with Crippen LogP contribution in [0.2, 0.25) is 0 Å². The van der Waals surface area contributed by atoms with E-state index >= 15 is 0 Å². The van der Waals surface area contributed by atoms with Gasteiger partial charge in [0.05, 0.1) is 11.3 Å². The van der Waals surface area contributed by atoms with E-state index in [0.717, 1.165) is 19.4 Å². The normalized spacial score (nSPS) is 15.5. The van der Waals surface area contributed by atoms with Gasteiger partial charge in [-0.1, -0.05) is 32.8 Å². The number of rotatable bonds is 5. The number of hydrogen-bond acceptors (Lipinski definition) is 2. The summed E-state index contributed by atoms with van der Waals surface area (Å²) in [7, 11) is 1.65. The van der Waals surface area contributed by atoms with Crippen molar-refractivity contribution in [2.24, 2.45) is 5.92 Å². The first-order chi connectivity index (χ1) is 10.0. The smallest absolute Gasteiger partial charge is 0.256 e. The molecule has 1 N–H and O–H groups in total. The van der Waals surface area contributed by atoms with Crippen LogP contribution in [0.25, 0.3) is 0 Å². The summed E-state index contributed by atoms with van der Waals surface area (Å²) >= 11 is 0. The molecule has 0 aromatic heterocycles. The Hall–Kier alpha value is -1.58. The van der Waals surface area contributed by atoms with E-state index in [4.69, 9.17) is 0 Å². The van der Waals surface area contributed by atoms with Crippen molar-refractivity contribution >= 4 is 11.6 Å². The van der Waals surface area contributed by atoms with Gasteiger partial charge in [0.15, 0.2) is 0 Å². The van der Waals surface area contributed by atoms with Crippen molar-refractivity contribution < 1.29 is 9.18 Å². The van der Waals surface area contributed by atoms with Crippen molar-refractivity contribution in [3.05, 3.63) is 29.6 Å². The summed E-state index contributed by atoms with van der Waals surface area (Å²) in [4.78, 5) is 14.9. The zero-order chi connectivity index (χ0) is 15.4. The van der Waals surface area contributed by atoms with Crippen LogP contribution in [0.15, 0.2) is 18.2 Å². The van der Waals surface area contributed by atoms with Crippen LogP contribution in [0, 0.1) is 11.7 Å². The molecule has 0 atom stereocenters. The summed E-state index contributed by atoms with van der Waals surface area (Å²) in [6.45, 7) is 4.95. The van der Waals surface area contributed by atoms with Gasteiger partial charge in [0.1, 0.15) is 5.82 Å². The van der Waals surface area contributed by atoms with Crippen LogP contribution < -0.4 is 5.32 Å². The first-order valence-corrected chi connectivity index (χ1v) is 7.81. The van der Waals surface area contributed by atoms with Crippen molar-refractivity contribution in [3.63, 3.8) is 0 Å². The van der Waals surface area contributed by atoms with Crippen LogP contribution in [0.3, 0.4) is 0 Å². The summed E-state index contributed by atoms with van der Waals surface area (Å²) < 4.78 is 13.9. The van der Waals surface area contributed by atoms with E-state index in [2.05, 4.69) is 19.2 Å². The number of nitrogens with one attached hydrogen (secondary N) is 1. The van der Waals surface area contributed by atoms with Crippen molar-refractivity contribution in [2.45, 2.75) is 45.6 Å². The fourth-order valence-corrected chi connectivity index (χ4v) is 3.12. The first kappa shape index (κ1) is 15.8. The standard InChI is InChI=1S/C17H25FN2O/c1-12(2)11-20(13-7-4-5-8-13)17(21)14-9-6-10-15(18)16(14)19-3/h6,9-10,12-13,19H,4-5,7-8,11H2,1-3H3. The molecule has 2 rings (SSSR count). The van der Waals surface area contributed by atoms with Gasteiger partial charge in [-0.05, 0) is 30.9 Å². The van der Waals surface area contributed by atoms with Gasteiger partial charge in [0.2, 0.25) is 0 Å². The van der Waals surface area contributed by atoms with E-state index in [0.29, 0.717) is 23.2 Å². The SMILES string of the molecule is CNc1c(F)cccc1C(=O)N(CC(C)C)C1CCCC1. The van der Waals surface area contributed by atoms with E-state index in [1.54, 1.807) is 19.2 Å². The largest absolute Gasteiger partial charge is 0.385 e. The molecule has 1 aliphatic rings. The van der Waals surface area contributed by atoms with Crippen LogP contribution in [0.4, 0.5) is 10.1 Å². The van der Waals surface area contributed by atoms with Crippen molar-refractivity contribution in [3.8, 4) is 0 Å². The van der Waals surface area contributed by atoms with E-state index in [1.807, 2.05) is 4.90 Å². The fraction of sp³-hybridized carbons (Fsp3) is 0.588. The van der Waals surface area contributed by atoms with Crippen LogP contribution >= 0.6 is 0 Å². The maximum Gasteiger partial charge on any atom is 0.256 e. The number of carbonyl (C=O) groups excluding carboxylic acids is 1. The number of halogens is 1. The summed E-state index contributed by atoms with van der Waals surface area (Å²) in [5, 5.41) is 2.82. The Morgan fingerprint density at radius 2 is 2.05 bits per heavy atom. The molecular formula is C17H25FN2O. The summed E-state index contributed by atoms with van der Waals surface area (Å²) in [5.74, 6) is -0.0279. The Morgan fingerprint density at radius 1 is 1.38 bits per heavy atom. The molecule has 0 saturated heterocycles. The molecule has 1 amide bonds. The number of para-hydroxylation sites is 1. The van der Waals surface area contributed by atoms with Gasteiger partial charge >= 0.3 is 0 Å². The highest BCUT2D eigenvalue weighted by Gasteiger charge is 2.29. The quantitative estimate of drug-likeness (QED) is 0.892. The Labute approximate surface area is 126 Å². The lowest BCUT2D eigenvalue weighted by Gasteiger charge is -2.31. The van der Waals surface area contributed by atoms with Gasteiger partial charge in [0, 0.05) is 19.6 Å². The van der Waals surface area contributed by atoms with Gasteiger partial charge in [-0.25, -0.2) is 4.39 Å². The number of hydrogen-bond donors (Lipinski definition) is 1. The second-order valence-corrected chi connectivity index (χ2v) is 6.20. The second-order valence-electron chi connectivity index (χ2n) is 6.20. The number of anilines is 1. The minimum absolute atomic E-state index is 0.0561. The molecule has 1 saturated carbocycles. The number of amides is 1. The lowest BCUT2D eigenvalue weighted by atomic mass is 10.1. The molecule has 0 bridgehead atoms. The maximum atomic E-state index is 13.9. The third-order valence-electron chi connectivity index (χ3n) is 4.08. The molecule has 1 aliphatic carbocycles. The summed E-state index contributed by atoms with van der Waals surface area (Å²) in [5.41, 5.74) is 0.735. The van der Waals surface area contributed by atoms with Gasteiger partial charge in [-0.3, -0.25) is 4.79 Å². The monoisotopic (exact) mass is 292 g/mol. The Bertz CT molecular complexity index is 496. The molecule has 0 spiro atoms. The molecule has 4 heteroatoms. The molecule has 0 unspecified atom stereocenters. The Balaban J connectivity index is 2.31. The lowest BCUT2D eigenvalue weighted by Crippen LogP contribution is -2.41. The average molecular weight is 292 g/mol. The maximum absolute atomic E-state index is 13.9. The molecule has 1 aromatic rings. The second kappa shape index (κ2) is 6.92. The van der Waals surface area contributed by atoms with Crippen LogP contribution in [0.1, 0.15) is 49.9 Å². The number of carbonyl (C=O) groups is 1. The third-order valence-corrected chi connectivity index (χ3v) is 4.08. The average Bonchev–Trinajstić information content (AvgIpc) is 2.97. The van der Waals surface area contributed by atoms with E-state index in [9.17, 15) is 9.18 Å². The Morgan fingerprint density at radius 3 is 2.62 bits per heavy atom. The predicted octanol–water partition coefficient (Wildman–Crippen LogP) is 3.91. The predicted molar refractivity (Wildman–Crippen MR) is 84.1 cm³/mol. The van der Waals surface area contributed by atoms with Gasteiger partial charge < -0.3 is 10.2 Å². The molecule has 21 heavy (non-hydrogen) atoms. The minimum atomic E-state index is -0.376. The highest BCUT2D eigenvalue weighted by Crippen LogP contribution is 2.28. The highest BCUT2D eigenvalue weighted by molar-refractivity contribution is 5.99. The Kier molecular flexibility index (Phi) is 5.21. The van der Waals surface area contributed by atoms with E-state index in [1.165, 1.54) is 18.9 Å². The van der Waals surface area contributed by atoms with Gasteiger partial charge in [-0.15, -0.1) is 0 Å². The minimum Gasteiger partial charge on any atom is -0.385 e. The molecule has 1 aromatic carbocycles. The van der Waals surface area contributed by atoms with E-state index in [-0.39, 0.29) is 11.7 Å². The van der Waals surface area contributed by atoms with Crippen molar-refractivity contribution in [1.82, 2.24) is 4.90 Å².